The van der Waals surface area contributed by atoms with E-state index in [0.29, 0.717) is 0 Å². The number of carbonyl (C=O) groups excluding carboxylic acids is 1. The first kappa shape index (κ1) is 12.7. The van der Waals surface area contributed by atoms with Gasteiger partial charge in [-0.3, -0.25) is 4.79 Å². The fraction of sp³-hybridized carbons (Fsp3) is 0.562. The Morgan fingerprint density at radius 2 is 2.21 bits per heavy atom. The lowest BCUT2D eigenvalue weighted by Crippen LogP contribution is -2.44. The number of benzene rings is 1. The predicted molar refractivity (Wildman–Crippen MR) is 76.5 cm³/mol. The lowest BCUT2D eigenvalue weighted by Gasteiger charge is -2.30. The van der Waals surface area contributed by atoms with Crippen molar-refractivity contribution in [1.82, 2.24) is 10.2 Å². The smallest absolute Gasteiger partial charge is 0.255 e. The third kappa shape index (κ3) is 1.96. The van der Waals surface area contributed by atoms with E-state index < -0.39 is 0 Å². The third-order valence-corrected chi connectivity index (χ3v) is 4.32. The van der Waals surface area contributed by atoms with Crippen LogP contribution in [0, 0.1) is 0 Å². The SMILES string of the molecule is CCCc1cc(CC)cc2c1C(=O)N1CCNC[C@@H]21. The number of nitrogens with one attached hydrogen (secondary N) is 1. The van der Waals surface area contributed by atoms with Gasteiger partial charge in [0.25, 0.3) is 5.91 Å². The highest BCUT2D eigenvalue weighted by atomic mass is 16.2. The average Bonchev–Trinajstić information content (AvgIpc) is 2.73. The second kappa shape index (κ2) is 4.97. The summed E-state index contributed by atoms with van der Waals surface area (Å²) in [5.74, 6) is 0.257. The van der Waals surface area contributed by atoms with Gasteiger partial charge >= 0.3 is 0 Å². The zero-order chi connectivity index (χ0) is 13.4. The molecular formula is C16H22N2O. The molecule has 1 atom stereocenters. The van der Waals surface area contributed by atoms with Crippen LogP contribution in [0.15, 0.2) is 12.1 Å². The van der Waals surface area contributed by atoms with Crippen molar-refractivity contribution in [2.24, 2.45) is 0 Å². The van der Waals surface area contributed by atoms with E-state index in [1.807, 2.05) is 0 Å². The van der Waals surface area contributed by atoms with E-state index in [0.717, 1.165) is 44.5 Å². The number of hydrogen-bond acceptors (Lipinski definition) is 2. The Morgan fingerprint density at radius 1 is 1.37 bits per heavy atom. The minimum Gasteiger partial charge on any atom is -0.329 e. The molecule has 0 aromatic heterocycles. The first-order valence-corrected chi connectivity index (χ1v) is 7.43. The summed E-state index contributed by atoms with van der Waals surface area (Å²) >= 11 is 0. The predicted octanol–water partition coefficient (Wildman–Crippen LogP) is 2.30. The molecule has 1 N–H and O–H groups in total. The molecule has 1 fully saturated rings. The maximum absolute atomic E-state index is 12.6. The molecule has 3 nitrogen and oxygen atoms in total. The van der Waals surface area contributed by atoms with E-state index in [9.17, 15) is 4.79 Å². The Morgan fingerprint density at radius 3 is 2.95 bits per heavy atom. The van der Waals surface area contributed by atoms with E-state index in [-0.39, 0.29) is 11.9 Å². The van der Waals surface area contributed by atoms with Crippen molar-refractivity contribution >= 4 is 5.91 Å². The first-order chi connectivity index (χ1) is 9.26. The number of nitrogens with zero attached hydrogens (tertiary/aromatic N) is 1. The quantitative estimate of drug-likeness (QED) is 0.902. The van der Waals surface area contributed by atoms with Crippen LogP contribution >= 0.6 is 0 Å². The number of aryl methyl sites for hydroxylation is 2. The largest absolute Gasteiger partial charge is 0.329 e. The maximum Gasteiger partial charge on any atom is 0.255 e. The van der Waals surface area contributed by atoms with Gasteiger partial charge in [0, 0.05) is 25.2 Å². The molecule has 1 amide bonds. The minimum absolute atomic E-state index is 0.257. The summed E-state index contributed by atoms with van der Waals surface area (Å²) < 4.78 is 0. The molecule has 1 saturated heterocycles. The molecule has 2 aliphatic rings. The van der Waals surface area contributed by atoms with Gasteiger partial charge in [0.15, 0.2) is 0 Å². The summed E-state index contributed by atoms with van der Waals surface area (Å²) in [7, 11) is 0. The van der Waals surface area contributed by atoms with Crippen LogP contribution in [0.1, 0.15) is 53.4 Å². The highest BCUT2D eigenvalue weighted by Gasteiger charge is 2.39. The normalized spacial score (nSPS) is 21.5. The van der Waals surface area contributed by atoms with E-state index in [4.69, 9.17) is 0 Å². The van der Waals surface area contributed by atoms with Gasteiger partial charge in [-0.1, -0.05) is 32.4 Å². The Hall–Kier alpha value is -1.35. The zero-order valence-corrected chi connectivity index (χ0v) is 11.8. The fourth-order valence-electron chi connectivity index (χ4n) is 3.36. The second-order valence-electron chi connectivity index (χ2n) is 5.54. The molecule has 19 heavy (non-hydrogen) atoms. The van der Waals surface area contributed by atoms with Crippen LogP contribution in [-0.4, -0.2) is 30.4 Å². The molecular weight excluding hydrogens is 236 g/mol. The Balaban J connectivity index is 2.11. The van der Waals surface area contributed by atoms with Crippen LogP contribution < -0.4 is 5.32 Å². The van der Waals surface area contributed by atoms with Gasteiger partial charge in [0.1, 0.15) is 0 Å². The summed E-state index contributed by atoms with van der Waals surface area (Å²) in [4.78, 5) is 14.7. The van der Waals surface area contributed by atoms with Crippen molar-refractivity contribution in [3.05, 3.63) is 34.4 Å². The molecule has 2 aliphatic heterocycles. The molecule has 1 aromatic carbocycles. The van der Waals surface area contributed by atoms with Crippen LogP contribution in [0.3, 0.4) is 0 Å². The van der Waals surface area contributed by atoms with Crippen LogP contribution in [-0.2, 0) is 12.8 Å². The van der Waals surface area contributed by atoms with Gasteiger partial charge < -0.3 is 10.2 Å². The van der Waals surface area contributed by atoms with Crippen molar-refractivity contribution in [2.45, 2.75) is 39.2 Å². The third-order valence-electron chi connectivity index (χ3n) is 4.32. The average molecular weight is 258 g/mol. The van der Waals surface area contributed by atoms with Gasteiger partial charge in [-0.25, -0.2) is 0 Å². The summed E-state index contributed by atoms with van der Waals surface area (Å²) in [5.41, 5.74) is 4.89. The highest BCUT2D eigenvalue weighted by Crippen LogP contribution is 2.37. The number of piperazine rings is 1. The van der Waals surface area contributed by atoms with Crippen LogP contribution in [0.2, 0.25) is 0 Å². The standard InChI is InChI=1S/C16H22N2O/c1-3-5-12-8-11(4-2)9-13-14-10-17-6-7-18(14)16(19)15(12)13/h8-9,14,17H,3-7,10H2,1-2H3/t14-/m0/s1. The number of hydrogen-bond donors (Lipinski definition) is 1. The number of rotatable bonds is 3. The lowest BCUT2D eigenvalue weighted by atomic mass is 9.93. The van der Waals surface area contributed by atoms with E-state index in [1.54, 1.807) is 0 Å². The van der Waals surface area contributed by atoms with Crippen LogP contribution in [0.5, 0.6) is 0 Å². The van der Waals surface area contributed by atoms with E-state index in [1.165, 1.54) is 16.7 Å². The molecule has 3 rings (SSSR count). The molecule has 3 heteroatoms. The van der Waals surface area contributed by atoms with E-state index >= 15 is 0 Å². The molecule has 1 aromatic rings. The van der Waals surface area contributed by atoms with Crippen molar-refractivity contribution in [3.8, 4) is 0 Å². The van der Waals surface area contributed by atoms with E-state index in [2.05, 4.69) is 36.2 Å². The summed E-state index contributed by atoms with van der Waals surface area (Å²) in [6.07, 6.45) is 3.14. The topological polar surface area (TPSA) is 32.3 Å². The molecule has 102 valence electrons. The molecule has 2 heterocycles. The molecule has 0 spiro atoms. The number of amides is 1. The summed E-state index contributed by atoms with van der Waals surface area (Å²) in [6, 6.07) is 4.76. The van der Waals surface area contributed by atoms with Crippen LogP contribution in [0.4, 0.5) is 0 Å². The summed E-state index contributed by atoms with van der Waals surface area (Å²) in [5, 5.41) is 3.41. The maximum atomic E-state index is 12.6. The molecule has 0 saturated carbocycles. The zero-order valence-electron chi connectivity index (χ0n) is 11.8. The van der Waals surface area contributed by atoms with Crippen molar-refractivity contribution < 1.29 is 4.79 Å². The van der Waals surface area contributed by atoms with Crippen molar-refractivity contribution in [3.63, 3.8) is 0 Å². The fourth-order valence-corrected chi connectivity index (χ4v) is 3.36. The van der Waals surface area contributed by atoms with Gasteiger partial charge in [-0.2, -0.15) is 0 Å². The van der Waals surface area contributed by atoms with Gasteiger partial charge in [-0.15, -0.1) is 0 Å². The van der Waals surface area contributed by atoms with Crippen LogP contribution in [0.25, 0.3) is 0 Å². The minimum atomic E-state index is 0.257. The monoisotopic (exact) mass is 258 g/mol. The lowest BCUT2D eigenvalue weighted by molar-refractivity contribution is 0.0690. The number of carbonyl (C=O) groups is 1. The second-order valence-corrected chi connectivity index (χ2v) is 5.54. The van der Waals surface area contributed by atoms with Gasteiger partial charge in [-0.05, 0) is 29.5 Å². The Bertz CT molecular complexity index is 510. The van der Waals surface area contributed by atoms with Gasteiger partial charge in [0.05, 0.1) is 6.04 Å². The van der Waals surface area contributed by atoms with Crippen molar-refractivity contribution in [1.29, 1.82) is 0 Å². The Labute approximate surface area is 115 Å². The highest BCUT2D eigenvalue weighted by molar-refractivity contribution is 6.01. The summed E-state index contributed by atoms with van der Waals surface area (Å²) in [6.45, 7) is 7.02. The number of fused-ring (bicyclic) bond motifs is 3. The Kier molecular flexibility index (Phi) is 3.31. The molecule has 0 radical (unpaired) electrons. The molecule has 0 unspecified atom stereocenters. The molecule has 0 bridgehead atoms. The first-order valence-electron chi connectivity index (χ1n) is 7.43. The van der Waals surface area contributed by atoms with Crippen molar-refractivity contribution in [2.75, 3.05) is 19.6 Å². The molecule has 0 aliphatic carbocycles. The van der Waals surface area contributed by atoms with Gasteiger partial charge in [0.2, 0.25) is 0 Å².